The zero-order chi connectivity index (χ0) is 19.1. The number of hydrogen-bond donors (Lipinski definition) is 2. The third kappa shape index (κ3) is 2.61. The third-order valence-electron chi connectivity index (χ3n) is 4.80. The van der Waals surface area contributed by atoms with Crippen LogP contribution in [0.1, 0.15) is 15.9 Å². The number of nitrogens with zero attached hydrogens (tertiary/aromatic N) is 1. The van der Waals surface area contributed by atoms with Gasteiger partial charge < -0.3 is 9.97 Å². The molecule has 0 amide bonds. The maximum Gasteiger partial charge on any atom is 0.260 e. The van der Waals surface area contributed by atoms with Gasteiger partial charge in [0.25, 0.3) is 5.56 Å². The minimum absolute atomic E-state index is 0.0534. The van der Waals surface area contributed by atoms with Crippen LogP contribution < -0.4 is 5.56 Å². The second-order valence-electron chi connectivity index (χ2n) is 6.58. The lowest BCUT2D eigenvalue weighted by atomic mass is 10.0. The van der Waals surface area contributed by atoms with E-state index in [0.717, 1.165) is 11.3 Å². The summed E-state index contributed by atoms with van der Waals surface area (Å²) >= 11 is 0. The Kier molecular flexibility index (Phi) is 3.66. The number of hydrogen-bond acceptors (Lipinski definition) is 3. The number of fused-ring (bicyclic) bond motifs is 2. The molecule has 134 valence electrons. The number of H-pyrrole nitrogens is 2. The van der Waals surface area contributed by atoms with Gasteiger partial charge in [-0.1, -0.05) is 54.6 Å². The van der Waals surface area contributed by atoms with Crippen molar-refractivity contribution in [2.45, 2.75) is 0 Å². The average molecular weight is 365 g/mol. The Balaban J connectivity index is 1.62. The van der Waals surface area contributed by atoms with E-state index >= 15 is 0 Å². The highest BCUT2D eigenvalue weighted by atomic mass is 16.1. The third-order valence-corrected chi connectivity index (χ3v) is 4.80. The van der Waals surface area contributed by atoms with E-state index in [9.17, 15) is 9.59 Å². The number of ketones is 1. The molecule has 2 aliphatic rings. The summed E-state index contributed by atoms with van der Waals surface area (Å²) in [5, 5.41) is 0. The quantitative estimate of drug-likeness (QED) is 0.469. The first-order valence-electron chi connectivity index (χ1n) is 8.91. The average Bonchev–Trinajstić information content (AvgIpc) is 3.19. The van der Waals surface area contributed by atoms with Gasteiger partial charge in [-0.05, 0) is 24.3 Å². The molecule has 1 aliphatic heterocycles. The van der Waals surface area contributed by atoms with Crippen LogP contribution in [0.2, 0.25) is 0 Å². The highest BCUT2D eigenvalue weighted by Gasteiger charge is 2.19. The second kappa shape index (κ2) is 6.32. The topological polar surface area (TPSA) is 78.6 Å². The molecule has 1 aliphatic carbocycles. The molecule has 1 aromatic heterocycles. The van der Waals surface area contributed by atoms with Crippen LogP contribution in [0.4, 0.5) is 0 Å². The lowest BCUT2D eigenvalue weighted by molar-refractivity contribution is 0.103. The summed E-state index contributed by atoms with van der Waals surface area (Å²) in [5.41, 5.74) is 4.48. The van der Waals surface area contributed by atoms with Crippen LogP contribution >= 0.6 is 0 Å². The van der Waals surface area contributed by atoms with Gasteiger partial charge in [0.15, 0.2) is 5.78 Å². The molecule has 0 atom stereocenters. The van der Waals surface area contributed by atoms with Crippen LogP contribution in [0.3, 0.4) is 0 Å². The number of nitrogens with one attached hydrogen (secondary N) is 2. The maximum absolute atomic E-state index is 12.7. The fourth-order valence-corrected chi connectivity index (χ4v) is 3.44. The number of aromatic nitrogens is 3. The number of carbonyl (C=O) groups is 1. The summed E-state index contributed by atoms with van der Waals surface area (Å²) in [6, 6.07) is 23.9. The van der Waals surface area contributed by atoms with Gasteiger partial charge in [-0.3, -0.25) is 9.59 Å². The van der Waals surface area contributed by atoms with Gasteiger partial charge in [-0.2, -0.15) is 0 Å². The Morgan fingerprint density at radius 1 is 0.786 bits per heavy atom. The molecule has 0 spiro atoms. The van der Waals surface area contributed by atoms with Crippen molar-refractivity contribution in [2.24, 2.45) is 0 Å². The normalized spacial score (nSPS) is 11.1. The van der Waals surface area contributed by atoms with Gasteiger partial charge >= 0.3 is 0 Å². The molecule has 0 fully saturated rings. The standard InChI is InChI=1S/C23H15N3O2/c27-21(14-7-3-1-4-8-14)15-11-12-18-19(13-15)25-22(24-18)20-16-9-5-2-6-10-17(16)26-23(20)28/h1-13H,(H,24,25)(H,26,28). The molecule has 5 nitrogen and oxygen atoms in total. The van der Waals surface area contributed by atoms with Crippen LogP contribution in [0.15, 0.2) is 83.7 Å². The van der Waals surface area contributed by atoms with E-state index in [2.05, 4.69) is 15.0 Å². The van der Waals surface area contributed by atoms with E-state index in [1.807, 2.05) is 48.5 Å². The van der Waals surface area contributed by atoms with E-state index in [1.165, 1.54) is 0 Å². The fraction of sp³-hybridized carbons (Fsp3) is 0. The van der Waals surface area contributed by atoms with Gasteiger partial charge in [0, 0.05) is 22.4 Å². The van der Waals surface area contributed by atoms with E-state index in [0.29, 0.717) is 33.5 Å². The van der Waals surface area contributed by atoms with Crippen LogP contribution in [-0.2, 0) is 0 Å². The van der Waals surface area contributed by atoms with Crippen molar-refractivity contribution >= 4 is 16.8 Å². The number of rotatable bonds is 3. The predicted octanol–water partition coefficient (Wildman–Crippen LogP) is 4.25. The van der Waals surface area contributed by atoms with Crippen LogP contribution in [0, 0.1) is 0 Å². The molecule has 0 bridgehead atoms. The summed E-state index contributed by atoms with van der Waals surface area (Å²) in [7, 11) is 0. The number of imidazole rings is 1. The number of carbonyl (C=O) groups excluding carboxylic acids is 1. The van der Waals surface area contributed by atoms with Crippen LogP contribution in [0.25, 0.3) is 33.7 Å². The van der Waals surface area contributed by atoms with Gasteiger partial charge in [0.05, 0.1) is 16.6 Å². The molecular formula is C23H15N3O2. The van der Waals surface area contributed by atoms with Crippen LogP contribution in [-0.4, -0.2) is 20.7 Å². The molecule has 2 N–H and O–H groups in total. The number of benzene rings is 2. The summed E-state index contributed by atoms with van der Waals surface area (Å²) in [6.07, 6.45) is 0. The first-order valence-corrected chi connectivity index (χ1v) is 8.91. The Hall–Kier alpha value is -3.99. The summed E-state index contributed by atoms with van der Waals surface area (Å²) in [6.45, 7) is 0. The second-order valence-corrected chi connectivity index (χ2v) is 6.58. The predicted molar refractivity (Wildman–Crippen MR) is 109 cm³/mol. The van der Waals surface area contributed by atoms with Crippen molar-refractivity contribution < 1.29 is 4.79 Å². The Labute approximate surface area is 160 Å². The molecular weight excluding hydrogens is 350 g/mol. The summed E-state index contributed by atoms with van der Waals surface area (Å²) in [5.74, 6) is 0.434. The zero-order valence-electron chi connectivity index (χ0n) is 14.8. The van der Waals surface area contributed by atoms with E-state index < -0.39 is 0 Å². The Morgan fingerprint density at radius 2 is 1.54 bits per heavy atom. The molecule has 3 aromatic rings. The minimum atomic E-state index is -0.194. The van der Waals surface area contributed by atoms with Crippen molar-refractivity contribution in [3.05, 3.63) is 100 Å². The van der Waals surface area contributed by atoms with E-state index in [-0.39, 0.29) is 11.3 Å². The maximum atomic E-state index is 12.7. The Morgan fingerprint density at radius 3 is 2.36 bits per heavy atom. The lowest BCUT2D eigenvalue weighted by Crippen LogP contribution is -2.01. The van der Waals surface area contributed by atoms with Gasteiger partial charge in [-0.15, -0.1) is 0 Å². The van der Waals surface area contributed by atoms with Gasteiger partial charge in [0.1, 0.15) is 5.82 Å². The van der Waals surface area contributed by atoms with Crippen molar-refractivity contribution in [3.8, 4) is 22.6 Å². The highest BCUT2D eigenvalue weighted by molar-refractivity contribution is 6.10. The molecule has 0 saturated heterocycles. The molecule has 2 aromatic carbocycles. The van der Waals surface area contributed by atoms with Crippen molar-refractivity contribution in [1.29, 1.82) is 0 Å². The molecule has 5 rings (SSSR count). The molecule has 28 heavy (non-hydrogen) atoms. The van der Waals surface area contributed by atoms with Crippen molar-refractivity contribution in [1.82, 2.24) is 15.0 Å². The van der Waals surface area contributed by atoms with Crippen molar-refractivity contribution in [3.63, 3.8) is 0 Å². The lowest BCUT2D eigenvalue weighted by Gasteiger charge is -2.00. The molecule has 0 radical (unpaired) electrons. The zero-order valence-corrected chi connectivity index (χ0v) is 14.8. The van der Waals surface area contributed by atoms with Gasteiger partial charge in [0.2, 0.25) is 0 Å². The first-order chi connectivity index (χ1) is 13.7. The van der Waals surface area contributed by atoms with Crippen molar-refractivity contribution in [2.75, 3.05) is 0 Å². The Bertz CT molecular complexity index is 1350. The van der Waals surface area contributed by atoms with E-state index in [1.54, 1.807) is 30.3 Å². The monoisotopic (exact) mass is 365 g/mol. The van der Waals surface area contributed by atoms with Crippen LogP contribution in [0.5, 0.6) is 0 Å². The summed E-state index contributed by atoms with van der Waals surface area (Å²) < 4.78 is 0. The fourth-order valence-electron chi connectivity index (χ4n) is 3.44. The summed E-state index contributed by atoms with van der Waals surface area (Å²) in [4.78, 5) is 35.9. The van der Waals surface area contributed by atoms with E-state index in [4.69, 9.17) is 0 Å². The van der Waals surface area contributed by atoms with Gasteiger partial charge in [-0.25, -0.2) is 4.98 Å². The number of aromatic amines is 2. The molecule has 0 saturated carbocycles. The highest BCUT2D eigenvalue weighted by Crippen LogP contribution is 2.29. The first kappa shape index (κ1) is 16.2. The smallest absolute Gasteiger partial charge is 0.260 e. The molecule has 5 heteroatoms. The molecule has 2 heterocycles. The largest absolute Gasteiger partial charge is 0.338 e. The minimum Gasteiger partial charge on any atom is -0.338 e. The molecule has 0 unspecified atom stereocenters. The SMILES string of the molecule is O=C(c1ccccc1)c1ccc2nc(-c3c4cccccc-4[nH]c3=O)[nH]c2c1.